The number of carbonyl (C=O) groups excluding carboxylic acids is 1. The molecule has 0 bridgehead atoms. The van der Waals surface area contributed by atoms with Gasteiger partial charge in [-0.15, -0.1) is 0 Å². The summed E-state index contributed by atoms with van der Waals surface area (Å²) in [7, 11) is 3.01. The van der Waals surface area contributed by atoms with Gasteiger partial charge in [0.05, 0.1) is 19.9 Å². The van der Waals surface area contributed by atoms with E-state index in [1.54, 1.807) is 30.5 Å². The first-order chi connectivity index (χ1) is 12.1. The van der Waals surface area contributed by atoms with Crippen LogP contribution in [0.1, 0.15) is 5.56 Å². The van der Waals surface area contributed by atoms with Crippen molar-refractivity contribution >= 4 is 17.4 Å². The van der Waals surface area contributed by atoms with Crippen molar-refractivity contribution in [1.29, 1.82) is 5.26 Å². The Kier molecular flexibility index (Phi) is 5.96. The van der Waals surface area contributed by atoms with Gasteiger partial charge in [0.1, 0.15) is 29.0 Å². The summed E-state index contributed by atoms with van der Waals surface area (Å²) in [5.74, 6) is 0.971. The summed E-state index contributed by atoms with van der Waals surface area (Å²) in [4.78, 5) is 16.5. The number of aryl methyl sites for hydroxylation is 1. The van der Waals surface area contributed by atoms with Crippen molar-refractivity contribution in [2.75, 3.05) is 24.9 Å². The van der Waals surface area contributed by atoms with Gasteiger partial charge in [0, 0.05) is 18.5 Å². The number of ether oxygens (including phenoxy) is 2. The van der Waals surface area contributed by atoms with Crippen LogP contribution in [-0.2, 0) is 4.79 Å². The highest BCUT2D eigenvalue weighted by Crippen LogP contribution is 2.29. The lowest BCUT2D eigenvalue weighted by molar-refractivity contribution is -0.112. The molecule has 0 saturated carbocycles. The molecule has 2 rings (SSSR count). The first-order valence-corrected chi connectivity index (χ1v) is 7.40. The minimum absolute atomic E-state index is 0.104. The van der Waals surface area contributed by atoms with E-state index in [4.69, 9.17) is 9.47 Å². The molecule has 2 N–H and O–H groups in total. The zero-order valence-electron chi connectivity index (χ0n) is 14.2. The largest absolute Gasteiger partial charge is 0.497 e. The van der Waals surface area contributed by atoms with Gasteiger partial charge in [0.15, 0.2) is 0 Å². The van der Waals surface area contributed by atoms with Gasteiger partial charge in [-0.25, -0.2) is 4.98 Å². The van der Waals surface area contributed by atoms with Crippen LogP contribution in [0, 0.1) is 18.3 Å². The molecular weight excluding hydrogens is 320 g/mol. The molecule has 128 valence electrons. The molecule has 0 saturated heterocycles. The number of anilines is 2. The van der Waals surface area contributed by atoms with Gasteiger partial charge in [-0.2, -0.15) is 5.26 Å². The smallest absolute Gasteiger partial charge is 0.267 e. The number of hydrogen-bond donors (Lipinski definition) is 2. The van der Waals surface area contributed by atoms with Crippen LogP contribution >= 0.6 is 0 Å². The highest BCUT2D eigenvalue weighted by molar-refractivity contribution is 6.07. The summed E-state index contributed by atoms with van der Waals surface area (Å²) in [6.07, 6.45) is 2.99. The number of carbonyl (C=O) groups is 1. The number of aromatic nitrogens is 1. The molecule has 0 fully saturated rings. The van der Waals surface area contributed by atoms with Gasteiger partial charge in [0.25, 0.3) is 5.91 Å². The zero-order valence-corrected chi connectivity index (χ0v) is 14.2. The molecule has 1 aromatic carbocycles. The van der Waals surface area contributed by atoms with Crippen LogP contribution in [0.4, 0.5) is 11.5 Å². The maximum atomic E-state index is 12.3. The molecule has 0 spiro atoms. The number of benzene rings is 1. The summed E-state index contributed by atoms with van der Waals surface area (Å²) in [5, 5.41) is 14.7. The topological polar surface area (TPSA) is 96.3 Å². The fraction of sp³-hybridized carbons (Fsp3) is 0.167. The first-order valence-electron chi connectivity index (χ1n) is 7.40. The number of amides is 1. The Balaban J connectivity index is 2.16. The summed E-state index contributed by atoms with van der Waals surface area (Å²) in [6.45, 7) is 1.92. The van der Waals surface area contributed by atoms with Crippen molar-refractivity contribution < 1.29 is 14.3 Å². The molecule has 0 unspecified atom stereocenters. The molecule has 1 aromatic heterocycles. The summed E-state index contributed by atoms with van der Waals surface area (Å²) < 4.78 is 10.3. The molecule has 0 aliphatic rings. The number of pyridine rings is 1. The van der Waals surface area contributed by atoms with E-state index >= 15 is 0 Å². The molecule has 25 heavy (non-hydrogen) atoms. The Morgan fingerprint density at radius 3 is 2.64 bits per heavy atom. The van der Waals surface area contributed by atoms with Crippen LogP contribution in [0.25, 0.3) is 0 Å². The number of nitrogens with one attached hydrogen (secondary N) is 2. The molecular formula is C18H18N4O3. The van der Waals surface area contributed by atoms with Gasteiger partial charge in [-0.1, -0.05) is 6.07 Å². The van der Waals surface area contributed by atoms with Crippen molar-refractivity contribution in [3.63, 3.8) is 0 Å². The van der Waals surface area contributed by atoms with E-state index in [-0.39, 0.29) is 5.57 Å². The highest BCUT2D eigenvalue weighted by atomic mass is 16.5. The molecule has 7 heteroatoms. The van der Waals surface area contributed by atoms with Crippen molar-refractivity contribution in [3.8, 4) is 17.6 Å². The second-order valence-corrected chi connectivity index (χ2v) is 5.06. The zero-order chi connectivity index (χ0) is 18.2. The van der Waals surface area contributed by atoms with E-state index in [1.807, 2.05) is 19.1 Å². The van der Waals surface area contributed by atoms with Crippen molar-refractivity contribution in [2.24, 2.45) is 0 Å². The average molecular weight is 338 g/mol. The minimum Gasteiger partial charge on any atom is -0.497 e. The van der Waals surface area contributed by atoms with E-state index in [1.165, 1.54) is 20.4 Å². The predicted octanol–water partition coefficient (Wildman–Crippen LogP) is 2.87. The Bertz CT molecular complexity index is 823. The van der Waals surface area contributed by atoms with Crippen LogP contribution in [0.15, 0.2) is 48.3 Å². The van der Waals surface area contributed by atoms with Crippen LogP contribution in [0.3, 0.4) is 0 Å². The average Bonchev–Trinajstić information content (AvgIpc) is 2.63. The second-order valence-electron chi connectivity index (χ2n) is 5.06. The fourth-order valence-corrected chi connectivity index (χ4v) is 1.95. The normalized spacial score (nSPS) is 10.6. The van der Waals surface area contributed by atoms with E-state index in [9.17, 15) is 10.1 Å². The van der Waals surface area contributed by atoms with Crippen molar-refractivity contribution in [3.05, 3.63) is 53.9 Å². The highest BCUT2D eigenvalue weighted by Gasteiger charge is 2.13. The molecule has 0 aliphatic heterocycles. The Morgan fingerprint density at radius 1 is 1.24 bits per heavy atom. The van der Waals surface area contributed by atoms with Crippen LogP contribution in [-0.4, -0.2) is 25.1 Å². The summed E-state index contributed by atoms with van der Waals surface area (Å²) >= 11 is 0. The molecule has 2 aromatic rings. The number of rotatable bonds is 6. The van der Waals surface area contributed by atoms with Crippen LogP contribution in [0.5, 0.6) is 11.5 Å². The molecule has 0 radical (unpaired) electrons. The number of nitriles is 1. The maximum Gasteiger partial charge on any atom is 0.267 e. The van der Waals surface area contributed by atoms with Gasteiger partial charge >= 0.3 is 0 Å². The third kappa shape index (κ3) is 4.72. The van der Waals surface area contributed by atoms with Gasteiger partial charge in [0.2, 0.25) is 0 Å². The van der Waals surface area contributed by atoms with E-state index in [0.29, 0.717) is 23.0 Å². The van der Waals surface area contributed by atoms with Crippen LogP contribution < -0.4 is 20.1 Å². The van der Waals surface area contributed by atoms with Gasteiger partial charge in [-0.3, -0.25) is 4.79 Å². The van der Waals surface area contributed by atoms with Gasteiger partial charge in [-0.05, 0) is 30.7 Å². The number of nitrogens with zero attached hydrogens (tertiary/aromatic N) is 2. The standard InChI is InChI=1S/C18H18N4O3/c1-12-4-7-17(20-10-12)21-11-13(9-19)18(23)22-15-8-14(24-2)5-6-16(15)25-3/h4-8,10-11H,1-3H3,(H,20,21)(H,22,23)/b13-11-. The maximum absolute atomic E-state index is 12.3. The summed E-state index contributed by atoms with van der Waals surface area (Å²) in [6, 6.07) is 10.5. The molecule has 1 heterocycles. The molecule has 0 atom stereocenters. The minimum atomic E-state index is -0.575. The Hall–Kier alpha value is -3.53. The molecule has 7 nitrogen and oxygen atoms in total. The lowest BCUT2D eigenvalue weighted by Crippen LogP contribution is -2.15. The van der Waals surface area contributed by atoms with Crippen molar-refractivity contribution in [2.45, 2.75) is 6.92 Å². The SMILES string of the molecule is COc1ccc(OC)c(NC(=O)/C(C#N)=C\Nc2ccc(C)cn2)c1. The lowest BCUT2D eigenvalue weighted by atomic mass is 10.2. The van der Waals surface area contributed by atoms with E-state index in [2.05, 4.69) is 15.6 Å². The molecule has 0 aliphatic carbocycles. The Labute approximate surface area is 145 Å². The molecule has 1 amide bonds. The van der Waals surface area contributed by atoms with E-state index in [0.717, 1.165) is 5.56 Å². The van der Waals surface area contributed by atoms with E-state index < -0.39 is 5.91 Å². The number of hydrogen-bond acceptors (Lipinski definition) is 6. The number of methoxy groups -OCH3 is 2. The fourth-order valence-electron chi connectivity index (χ4n) is 1.95. The quantitative estimate of drug-likeness (QED) is 0.621. The first kappa shape index (κ1) is 17.8. The lowest BCUT2D eigenvalue weighted by Gasteiger charge is -2.11. The Morgan fingerprint density at radius 2 is 2.04 bits per heavy atom. The third-order valence-electron chi connectivity index (χ3n) is 3.30. The summed E-state index contributed by atoms with van der Waals surface area (Å²) in [5.41, 5.74) is 1.31. The monoisotopic (exact) mass is 338 g/mol. The van der Waals surface area contributed by atoms with Gasteiger partial charge < -0.3 is 20.1 Å². The van der Waals surface area contributed by atoms with Crippen LogP contribution in [0.2, 0.25) is 0 Å². The third-order valence-corrected chi connectivity index (χ3v) is 3.30. The van der Waals surface area contributed by atoms with Crippen molar-refractivity contribution in [1.82, 2.24) is 4.98 Å². The predicted molar refractivity (Wildman–Crippen MR) is 94.5 cm³/mol. The second kappa shape index (κ2) is 8.36.